The van der Waals surface area contributed by atoms with Gasteiger partial charge in [0.15, 0.2) is 0 Å². The summed E-state index contributed by atoms with van der Waals surface area (Å²) in [5.74, 6) is 1.69. The van der Waals surface area contributed by atoms with Gasteiger partial charge in [0, 0.05) is 10.8 Å². The Labute approximate surface area is 92.3 Å². The molecule has 0 aromatic rings. The number of hydrogen-bond acceptors (Lipinski definition) is 1. The lowest BCUT2D eigenvalue weighted by molar-refractivity contribution is -0.500. The van der Waals surface area contributed by atoms with Crippen molar-refractivity contribution in [1.82, 2.24) is 0 Å². The maximum absolute atomic E-state index is 11.1. The summed E-state index contributed by atoms with van der Waals surface area (Å²) < 4.78 is 0. The molecule has 0 amide bonds. The fourth-order valence-corrected chi connectivity index (χ4v) is 7.17. The molecule has 6 aliphatic rings. The summed E-state index contributed by atoms with van der Waals surface area (Å²) in [6.07, 6.45) is 6.41. The molecule has 3 unspecified atom stereocenters. The van der Waals surface area contributed by atoms with Crippen LogP contribution in [0.15, 0.2) is 0 Å². The normalized spacial score (nSPS) is 74.4. The quantitative estimate of drug-likeness (QED) is 0.646. The molecule has 0 saturated heterocycles. The second kappa shape index (κ2) is 1.92. The fourth-order valence-electron chi connectivity index (χ4n) is 7.17. The molecular weight excluding hydrogens is 184 g/mol. The van der Waals surface area contributed by atoms with E-state index in [9.17, 15) is 5.11 Å². The van der Waals surface area contributed by atoms with Crippen LogP contribution in [0.3, 0.4) is 0 Å². The number of hydrogen-bond donors (Lipinski definition) is 1. The summed E-state index contributed by atoms with van der Waals surface area (Å²) in [5.41, 5.74) is 0.787. The Bertz CT molecular complexity index is 350. The van der Waals surface area contributed by atoms with Crippen LogP contribution in [0.4, 0.5) is 0 Å². The standard InChI is InChI=1S/C14H22O/c1-9-4-7-14(15)11(2)6-5-10-8-13(9,11)12(10,14)3/h9-10,15H,4-8H2,1-3H3/t9?,10-,11?,12?,13+,14+/m1/s1. The molecule has 5 bridgehead atoms. The summed E-state index contributed by atoms with van der Waals surface area (Å²) in [7, 11) is 0. The molecule has 0 aromatic carbocycles. The molecule has 15 heavy (non-hydrogen) atoms. The van der Waals surface area contributed by atoms with Gasteiger partial charge in [-0.25, -0.2) is 0 Å². The SMILES string of the molecule is CC1CC[C@]2(O)C3(C)CC[C@@H]4C[C@]13C42C. The van der Waals surface area contributed by atoms with Crippen LogP contribution in [0, 0.1) is 28.1 Å². The Morgan fingerprint density at radius 2 is 1.87 bits per heavy atom. The van der Waals surface area contributed by atoms with Crippen LogP contribution in [0.25, 0.3) is 0 Å². The van der Waals surface area contributed by atoms with Crippen molar-refractivity contribution in [3.05, 3.63) is 0 Å². The van der Waals surface area contributed by atoms with E-state index in [-0.39, 0.29) is 11.0 Å². The molecule has 6 saturated carbocycles. The van der Waals surface area contributed by atoms with Gasteiger partial charge in [0.2, 0.25) is 0 Å². The zero-order valence-electron chi connectivity index (χ0n) is 10.1. The fraction of sp³-hybridized carbons (Fsp3) is 1.00. The van der Waals surface area contributed by atoms with Crippen molar-refractivity contribution in [3.8, 4) is 0 Å². The maximum atomic E-state index is 11.1. The third-order valence-corrected chi connectivity index (χ3v) is 7.84. The van der Waals surface area contributed by atoms with E-state index in [0.717, 1.165) is 18.3 Å². The molecule has 1 N–H and O–H groups in total. The van der Waals surface area contributed by atoms with E-state index in [1.165, 1.54) is 25.7 Å². The minimum absolute atomic E-state index is 0.265. The van der Waals surface area contributed by atoms with Gasteiger partial charge in [-0.05, 0) is 49.4 Å². The topological polar surface area (TPSA) is 20.2 Å². The van der Waals surface area contributed by atoms with Gasteiger partial charge in [-0.1, -0.05) is 20.8 Å². The van der Waals surface area contributed by atoms with Gasteiger partial charge < -0.3 is 5.11 Å². The van der Waals surface area contributed by atoms with E-state index in [0.29, 0.717) is 10.8 Å². The molecule has 0 radical (unpaired) electrons. The third-order valence-electron chi connectivity index (χ3n) is 7.84. The first kappa shape index (κ1) is 9.04. The van der Waals surface area contributed by atoms with Gasteiger partial charge >= 0.3 is 0 Å². The Morgan fingerprint density at radius 1 is 1.13 bits per heavy atom. The van der Waals surface area contributed by atoms with Crippen LogP contribution in [0.1, 0.15) is 52.9 Å². The van der Waals surface area contributed by atoms with Gasteiger partial charge in [-0.3, -0.25) is 0 Å². The third kappa shape index (κ3) is 0.473. The van der Waals surface area contributed by atoms with Gasteiger partial charge in [0.1, 0.15) is 0 Å². The van der Waals surface area contributed by atoms with E-state index in [1.54, 1.807) is 0 Å². The van der Waals surface area contributed by atoms with Crippen molar-refractivity contribution >= 4 is 0 Å². The first-order valence-corrected chi connectivity index (χ1v) is 6.66. The highest BCUT2D eigenvalue weighted by molar-refractivity contribution is 5.41. The zero-order valence-corrected chi connectivity index (χ0v) is 10.1. The van der Waals surface area contributed by atoms with Crippen LogP contribution >= 0.6 is 0 Å². The van der Waals surface area contributed by atoms with Crippen molar-refractivity contribution < 1.29 is 5.11 Å². The Balaban J connectivity index is 1.97. The van der Waals surface area contributed by atoms with Crippen LogP contribution in [-0.2, 0) is 0 Å². The highest BCUT2D eigenvalue weighted by atomic mass is 16.3. The van der Waals surface area contributed by atoms with Crippen molar-refractivity contribution in [1.29, 1.82) is 0 Å². The molecule has 6 rings (SSSR count). The lowest BCUT2D eigenvalue weighted by atomic mass is 9.11. The average molecular weight is 206 g/mol. The second-order valence-corrected chi connectivity index (χ2v) is 7.25. The number of fused-ring (bicyclic) bond motifs is 3. The van der Waals surface area contributed by atoms with E-state index < -0.39 is 0 Å². The lowest BCUT2D eigenvalue weighted by Crippen LogP contribution is -2.94. The minimum Gasteiger partial charge on any atom is -0.389 e. The first-order chi connectivity index (χ1) is 6.94. The summed E-state index contributed by atoms with van der Waals surface area (Å²) in [6.45, 7) is 7.23. The van der Waals surface area contributed by atoms with E-state index in [1.807, 2.05) is 0 Å². The molecule has 6 aliphatic carbocycles. The predicted molar refractivity (Wildman–Crippen MR) is 59.3 cm³/mol. The summed E-state index contributed by atoms with van der Waals surface area (Å²) in [4.78, 5) is 0. The molecule has 6 atom stereocenters. The number of aliphatic hydroxyl groups is 1. The molecule has 1 heteroatoms. The van der Waals surface area contributed by atoms with Crippen molar-refractivity contribution in [2.24, 2.45) is 28.1 Å². The maximum Gasteiger partial charge on any atom is 0.0768 e. The Hall–Kier alpha value is -0.0400. The highest BCUT2D eigenvalue weighted by Gasteiger charge is 2.93. The molecular formula is C14H22O. The molecule has 1 nitrogen and oxygen atoms in total. The largest absolute Gasteiger partial charge is 0.389 e. The molecule has 84 valence electrons. The van der Waals surface area contributed by atoms with Crippen LogP contribution < -0.4 is 0 Å². The minimum atomic E-state index is -0.298. The van der Waals surface area contributed by atoms with Gasteiger partial charge in [-0.2, -0.15) is 0 Å². The van der Waals surface area contributed by atoms with Gasteiger partial charge in [0.25, 0.3) is 0 Å². The lowest BCUT2D eigenvalue weighted by Gasteiger charge is -2.94. The molecule has 6 fully saturated rings. The van der Waals surface area contributed by atoms with Crippen LogP contribution in [0.2, 0.25) is 0 Å². The molecule has 0 aromatic heterocycles. The smallest absolute Gasteiger partial charge is 0.0768 e. The van der Waals surface area contributed by atoms with Gasteiger partial charge in [0.05, 0.1) is 5.60 Å². The summed E-state index contributed by atoms with van der Waals surface area (Å²) >= 11 is 0. The highest BCUT2D eigenvalue weighted by Crippen LogP contribution is 2.94. The second-order valence-electron chi connectivity index (χ2n) is 7.25. The Morgan fingerprint density at radius 3 is 2.47 bits per heavy atom. The zero-order chi connectivity index (χ0) is 10.7. The van der Waals surface area contributed by atoms with E-state index in [4.69, 9.17) is 0 Å². The first-order valence-electron chi connectivity index (χ1n) is 6.66. The molecule has 1 spiro atoms. The summed E-state index contributed by atoms with van der Waals surface area (Å²) in [6, 6.07) is 0. The van der Waals surface area contributed by atoms with Crippen molar-refractivity contribution in [3.63, 3.8) is 0 Å². The average Bonchev–Trinajstić information content (AvgIpc) is 2.20. The number of rotatable bonds is 0. The summed E-state index contributed by atoms with van der Waals surface area (Å²) in [5, 5.41) is 11.1. The van der Waals surface area contributed by atoms with Crippen LogP contribution in [-0.4, -0.2) is 10.7 Å². The monoisotopic (exact) mass is 206 g/mol. The van der Waals surface area contributed by atoms with Gasteiger partial charge in [-0.15, -0.1) is 0 Å². The van der Waals surface area contributed by atoms with E-state index >= 15 is 0 Å². The van der Waals surface area contributed by atoms with Crippen molar-refractivity contribution in [2.45, 2.75) is 58.5 Å². The van der Waals surface area contributed by atoms with Crippen LogP contribution in [0.5, 0.6) is 0 Å². The predicted octanol–water partition coefficient (Wildman–Crippen LogP) is 2.97. The molecule has 0 heterocycles. The Kier molecular flexibility index (Phi) is 1.16. The molecule has 0 aliphatic heterocycles. The van der Waals surface area contributed by atoms with Crippen molar-refractivity contribution in [2.75, 3.05) is 0 Å². The van der Waals surface area contributed by atoms with E-state index in [2.05, 4.69) is 20.8 Å².